The molecule has 1 saturated heterocycles. The summed E-state index contributed by atoms with van der Waals surface area (Å²) >= 11 is 0. The van der Waals surface area contributed by atoms with Gasteiger partial charge < -0.3 is 15.2 Å². The summed E-state index contributed by atoms with van der Waals surface area (Å²) in [5.74, 6) is 0.417. The van der Waals surface area contributed by atoms with Gasteiger partial charge in [0.05, 0.1) is 0 Å². The second-order valence-electron chi connectivity index (χ2n) is 7.35. The average molecular weight is 376 g/mol. The third-order valence-electron chi connectivity index (χ3n) is 5.35. The molecule has 4 rings (SSSR count). The summed E-state index contributed by atoms with van der Waals surface area (Å²) in [7, 11) is 0. The normalized spacial score (nSPS) is 14.9. The van der Waals surface area contributed by atoms with Gasteiger partial charge in [0.1, 0.15) is 5.69 Å². The number of H-pyrrole nitrogens is 1. The Labute approximate surface area is 164 Å². The minimum Gasteiger partial charge on any atom is -0.352 e. The van der Waals surface area contributed by atoms with Gasteiger partial charge in [-0.3, -0.25) is 14.6 Å². The SMILES string of the molecule is O=C(CC1CCN(C(=O)c2cc3ccccc3[nH]2)CC1)NCc1cccnc1. The van der Waals surface area contributed by atoms with Crippen LogP contribution in [0.25, 0.3) is 10.9 Å². The summed E-state index contributed by atoms with van der Waals surface area (Å²) in [5.41, 5.74) is 2.61. The molecule has 0 radical (unpaired) electrons. The fourth-order valence-corrected chi connectivity index (χ4v) is 3.74. The van der Waals surface area contributed by atoms with Gasteiger partial charge in [-0.25, -0.2) is 0 Å². The number of hydrogen-bond acceptors (Lipinski definition) is 3. The van der Waals surface area contributed by atoms with Crippen LogP contribution >= 0.6 is 0 Å². The number of hydrogen-bond donors (Lipinski definition) is 2. The molecule has 28 heavy (non-hydrogen) atoms. The number of amides is 2. The molecule has 0 saturated carbocycles. The summed E-state index contributed by atoms with van der Waals surface area (Å²) < 4.78 is 0. The predicted octanol–water partition coefficient (Wildman–Crippen LogP) is 3.12. The molecule has 1 aromatic carbocycles. The summed E-state index contributed by atoms with van der Waals surface area (Å²) in [6, 6.07) is 13.6. The number of nitrogens with zero attached hydrogens (tertiary/aromatic N) is 2. The van der Waals surface area contributed by atoms with Crippen LogP contribution in [0.2, 0.25) is 0 Å². The Morgan fingerprint density at radius 2 is 1.96 bits per heavy atom. The van der Waals surface area contributed by atoms with Crippen molar-refractivity contribution >= 4 is 22.7 Å². The first kappa shape index (κ1) is 18.2. The van der Waals surface area contributed by atoms with E-state index in [2.05, 4.69) is 15.3 Å². The Morgan fingerprint density at radius 3 is 2.71 bits per heavy atom. The van der Waals surface area contributed by atoms with Gasteiger partial charge in [-0.05, 0) is 42.5 Å². The predicted molar refractivity (Wildman–Crippen MR) is 108 cm³/mol. The summed E-state index contributed by atoms with van der Waals surface area (Å²) in [4.78, 5) is 34.1. The highest BCUT2D eigenvalue weighted by Gasteiger charge is 2.25. The van der Waals surface area contributed by atoms with Crippen LogP contribution in [0.15, 0.2) is 54.9 Å². The van der Waals surface area contributed by atoms with Gasteiger partial charge in [-0.15, -0.1) is 0 Å². The van der Waals surface area contributed by atoms with E-state index in [0.29, 0.717) is 37.7 Å². The van der Waals surface area contributed by atoms with Crippen LogP contribution in [0.4, 0.5) is 0 Å². The van der Waals surface area contributed by atoms with Crippen LogP contribution < -0.4 is 5.32 Å². The maximum atomic E-state index is 12.8. The van der Waals surface area contributed by atoms with Crippen molar-refractivity contribution in [2.45, 2.75) is 25.8 Å². The number of aromatic amines is 1. The number of nitrogens with one attached hydrogen (secondary N) is 2. The van der Waals surface area contributed by atoms with E-state index in [1.807, 2.05) is 47.4 Å². The average Bonchev–Trinajstić information content (AvgIpc) is 3.17. The van der Waals surface area contributed by atoms with Crippen molar-refractivity contribution in [3.05, 3.63) is 66.1 Å². The minimum atomic E-state index is 0.0377. The van der Waals surface area contributed by atoms with Gasteiger partial charge in [-0.1, -0.05) is 24.3 Å². The van der Waals surface area contributed by atoms with Gasteiger partial charge in [0.25, 0.3) is 5.91 Å². The van der Waals surface area contributed by atoms with Crippen LogP contribution in [0.1, 0.15) is 35.3 Å². The molecule has 0 aliphatic carbocycles. The molecule has 0 atom stereocenters. The van der Waals surface area contributed by atoms with Crippen LogP contribution in [0, 0.1) is 5.92 Å². The molecule has 0 bridgehead atoms. The van der Waals surface area contributed by atoms with Gasteiger partial charge in [0, 0.05) is 49.4 Å². The molecule has 3 heterocycles. The number of carbonyl (C=O) groups is 2. The molecular weight excluding hydrogens is 352 g/mol. The molecule has 0 unspecified atom stereocenters. The highest BCUT2D eigenvalue weighted by molar-refractivity contribution is 5.98. The van der Waals surface area contributed by atoms with E-state index in [-0.39, 0.29) is 11.8 Å². The number of likely N-dealkylation sites (tertiary alicyclic amines) is 1. The largest absolute Gasteiger partial charge is 0.352 e. The molecule has 2 N–H and O–H groups in total. The molecule has 1 aliphatic rings. The van der Waals surface area contributed by atoms with Crippen LogP contribution in [-0.2, 0) is 11.3 Å². The quantitative estimate of drug-likeness (QED) is 0.718. The number of fused-ring (bicyclic) bond motifs is 1. The number of aromatic nitrogens is 2. The van der Waals surface area contributed by atoms with E-state index in [1.54, 1.807) is 12.4 Å². The van der Waals surface area contributed by atoms with Crippen LogP contribution in [0.5, 0.6) is 0 Å². The summed E-state index contributed by atoms with van der Waals surface area (Å²) in [6.45, 7) is 1.88. The fourth-order valence-electron chi connectivity index (χ4n) is 3.74. The topological polar surface area (TPSA) is 78.1 Å². The van der Waals surface area contributed by atoms with Crippen molar-refractivity contribution in [3.8, 4) is 0 Å². The zero-order valence-electron chi connectivity index (χ0n) is 15.7. The second kappa shape index (κ2) is 8.25. The van der Waals surface area contributed by atoms with Crippen LogP contribution in [-0.4, -0.2) is 39.8 Å². The Balaban J connectivity index is 1.26. The molecule has 1 aliphatic heterocycles. The zero-order valence-corrected chi connectivity index (χ0v) is 15.7. The molecule has 144 valence electrons. The van der Waals surface area contributed by atoms with E-state index in [1.165, 1.54) is 0 Å². The third kappa shape index (κ3) is 4.22. The highest BCUT2D eigenvalue weighted by Crippen LogP contribution is 2.23. The standard InChI is InChI=1S/C22H24N4O2/c27-21(24-15-17-4-3-9-23-14-17)12-16-7-10-26(11-8-16)22(28)20-13-18-5-1-2-6-19(18)25-20/h1-6,9,13-14,16,25H,7-8,10-12,15H2,(H,24,27). The van der Waals surface area contributed by atoms with Crippen molar-refractivity contribution in [1.82, 2.24) is 20.2 Å². The number of piperidine rings is 1. The van der Waals surface area contributed by atoms with Crippen molar-refractivity contribution in [1.29, 1.82) is 0 Å². The van der Waals surface area contributed by atoms with Crippen molar-refractivity contribution in [2.75, 3.05) is 13.1 Å². The Bertz CT molecular complexity index is 926. The first-order valence-electron chi connectivity index (χ1n) is 9.71. The Morgan fingerprint density at radius 1 is 1.14 bits per heavy atom. The summed E-state index contributed by atoms with van der Waals surface area (Å²) in [5, 5.41) is 4.00. The first-order valence-corrected chi connectivity index (χ1v) is 9.71. The van der Waals surface area contributed by atoms with E-state index < -0.39 is 0 Å². The third-order valence-corrected chi connectivity index (χ3v) is 5.35. The monoisotopic (exact) mass is 376 g/mol. The van der Waals surface area contributed by atoms with Gasteiger partial charge in [0.2, 0.25) is 5.91 Å². The van der Waals surface area contributed by atoms with E-state index in [4.69, 9.17) is 0 Å². The molecule has 0 spiro atoms. The lowest BCUT2D eigenvalue weighted by atomic mass is 9.93. The zero-order chi connectivity index (χ0) is 19.3. The van der Waals surface area contributed by atoms with Crippen molar-refractivity contribution < 1.29 is 9.59 Å². The smallest absolute Gasteiger partial charge is 0.270 e. The lowest BCUT2D eigenvalue weighted by molar-refractivity contribution is -0.122. The lowest BCUT2D eigenvalue weighted by Crippen LogP contribution is -2.39. The van der Waals surface area contributed by atoms with Crippen LogP contribution in [0.3, 0.4) is 0 Å². The minimum absolute atomic E-state index is 0.0377. The number of rotatable bonds is 5. The van der Waals surface area contributed by atoms with Gasteiger partial charge >= 0.3 is 0 Å². The first-order chi connectivity index (χ1) is 13.7. The summed E-state index contributed by atoms with van der Waals surface area (Å²) in [6.07, 6.45) is 5.69. The van der Waals surface area contributed by atoms with E-state index >= 15 is 0 Å². The highest BCUT2D eigenvalue weighted by atomic mass is 16.2. The maximum Gasteiger partial charge on any atom is 0.270 e. The number of benzene rings is 1. The van der Waals surface area contributed by atoms with Gasteiger partial charge in [0.15, 0.2) is 0 Å². The second-order valence-corrected chi connectivity index (χ2v) is 7.35. The lowest BCUT2D eigenvalue weighted by Gasteiger charge is -2.31. The molecule has 2 aromatic heterocycles. The number of para-hydroxylation sites is 1. The van der Waals surface area contributed by atoms with Crippen molar-refractivity contribution in [2.24, 2.45) is 5.92 Å². The molecule has 3 aromatic rings. The number of pyridine rings is 1. The fraction of sp³-hybridized carbons (Fsp3) is 0.318. The molecule has 2 amide bonds. The molecule has 6 heteroatoms. The molecular formula is C22H24N4O2. The maximum absolute atomic E-state index is 12.8. The van der Waals surface area contributed by atoms with Crippen molar-refractivity contribution in [3.63, 3.8) is 0 Å². The number of carbonyl (C=O) groups excluding carboxylic acids is 2. The van der Waals surface area contributed by atoms with E-state index in [9.17, 15) is 9.59 Å². The van der Waals surface area contributed by atoms with Gasteiger partial charge in [-0.2, -0.15) is 0 Å². The molecule has 1 fully saturated rings. The molecule has 6 nitrogen and oxygen atoms in total. The Kier molecular flexibility index (Phi) is 5.37. The van der Waals surface area contributed by atoms with E-state index in [0.717, 1.165) is 29.3 Å². The Hall–Kier alpha value is -3.15.